The van der Waals surface area contributed by atoms with Crippen LogP contribution in [0.15, 0.2) is 48.5 Å². The van der Waals surface area contributed by atoms with Crippen molar-refractivity contribution in [3.8, 4) is 11.5 Å². The molecule has 2 fully saturated rings. The molecule has 7 heteroatoms. The summed E-state index contributed by atoms with van der Waals surface area (Å²) in [6.07, 6.45) is 0.629. The zero-order valence-corrected chi connectivity index (χ0v) is 13.5. The first-order valence-electron chi connectivity index (χ1n) is 8.18. The van der Waals surface area contributed by atoms with Crippen molar-refractivity contribution < 1.29 is 19.1 Å². The first-order valence-corrected chi connectivity index (χ1v) is 8.18. The molecule has 2 saturated heterocycles. The summed E-state index contributed by atoms with van der Waals surface area (Å²) in [7, 11) is 0. The summed E-state index contributed by atoms with van der Waals surface area (Å²) in [6.45, 7) is 3.37. The van der Waals surface area contributed by atoms with Crippen LogP contribution in [-0.2, 0) is 9.47 Å². The van der Waals surface area contributed by atoms with E-state index in [1.807, 2.05) is 24.3 Å². The second kappa shape index (κ2) is 6.70. The van der Waals surface area contributed by atoms with Crippen LogP contribution in [0.5, 0.6) is 11.5 Å². The Morgan fingerprint density at radius 1 is 0.960 bits per heavy atom. The van der Waals surface area contributed by atoms with Crippen LogP contribution >= 0.6 is 0 Å². The molecule has 0 bridgehead atoms. The molecule has 2 aliphatic heterocycles. The van der Waals surface area contributed by atoms with Gasteiger partial charge in [0, 0.05) is 30.9 Å². The summed E-state index contributed by atoms with van der Waals surface area (Å²) >= 11 is 0. The number of benzene rings is 2. The molecule has 4 rings (SSSR count). The molecule has 130 valence electrons. The van der Waals surface area contributed by atoms with Gasteiger partial charge in [0.1, 0.15) is 11.5 Å². The molecular weight excluding hydrogens is 324 g/mol. The van der Waals surface area contributed by atoms with Crippen molar-refractivity contribution in [1.29, 1.82) is 0 Å². The van der Waals surface area contributed by atoms with Gasteiger partial charge in [0.15, 0.2) is 0 Å². The molecule has 0 spiro atoms. The van der Waals surface area contributed by atoms with E-state index in [4.69, 9.17) is 14.2 Å². The summed E-state index contributed by atoms with van der Waals surface area (Å²) in [5, 5.41) is 10.7. The van der Waals surface area contributed by atoms with E-state index in [-0.39, 0.29) is 5.69 Å². The molecule has 2 aromatic rings. The van der Waals surface area contributed by atoms with Crippen LogP contribution in [0.25, 0.3) is 0 Å². The first-order chi connectivity index (χ1) is 12.2. The number of hydrogen-bond acceptors (Lipinski definition) is 6. The fraction of sp³-hybridized carbons (Fsp3) is 0.333. The van der Waals surface area contributed by atoms with Crippen molar-refractivity contribution in [3.63, 3.8) is 0 Å². The van der Waals surface area contributed by atoms with Gasteiger partial charge in [-0.2, -0.15) is 0 Å². The molecule has 0 radical (unpaired) electrons. The number of ether oxygens (including phenoxy) is 3. The van der Waals surface area contributed by atoms with E-state index < -0.39 is 4.92 Å². The fourth-order valence-corrected chi connectivity index (χ4v) is 2.62. The highest BCUT2D eigenvalue weighted by molar-refractivity contribution is 5.50. The maximum Gasteiger partial charge on any atom is 0.269 e. The third kappa shape index (κ3) is 4.26. The van der Waals surface area contributed by atoms with Crippen molar-refractivity contribution in [3.05, 3.63) is 58.6 Å². The molecule has 7 nitrogen and oxygen atoms in total. The highest BCUT2D eigenvalue weighted by atomic mass is 16.6. The predicted octanol–water partition coefficient (Wildman–Crippen LogP) is 2.99. The number of rotatable bonds is 8. The van der Waals surface area contributed by atoms with Crippen molar-refractivity contribution in [2.24, 2.45) is 0 Å². The van der Waals surface area contributed by atoms with Crippen LogP contribution in [0.2, 0.25) is 0 Å². The van der Waals surface area contributed by atoms with Gasteiger partial charge in [-0.3, -0.25) is 10.1 Å². The van der Waals surface area contributed by atoms with Crippen LogP contribution in [-0.4, -0.2) is 43.4 Å². The summed E-state index contributed by atoms with van der Waals surface area (Å²) in [4.78, 5) is 12.5. The molecule has 2 aliphatic rings. The van der Waals surface area contributed by atoms with E-state index >= 15 is 0 Å². The van der Waals surface area contributed by atoms with Gasteiger partial charge in [-0.15, -0.1) is 0 Å². The van der Waals surface area contributed by atoms with Crippen molar-refractivity contribution >= 4 is 11.4 Å². The Balaban J connectivity index is 1.42. The molecule has 2 aromatic carbocycles. The molecule has 25 heavy (non-hydrogen) atoms. The minimum absolute atomic E-state index is 0.0444. The molecule has 0 saturated carbocycles. The number of nitrogens with zero attached hydrogens (tertiary/aromatic N) is 2. The minimum Gasteiger partial charge on any atom is -0.457 e. The van der Waals surface area contributed by atoms with Gasteiger partial charge in [-0.25, -0.2) is 0 Å². The van der Waals surface area contributed by atoms with Crippen molar-refractivity contribution in [2.45, 2.75) is 12.2 Å². The second-order valence-electron chi connectivity index (χ2n) is 6.16. The highest BCUT2D eigenvalue weighted by Gasteiger charge is 2.30. The summed E-state index contributed by atoms with van der Waals surface area (Å²) < 4.78 is 16.4. The van der Waals surface area contributed by atoms with E-state index in [1.54, 1.807) is 12.1 Å². The average molecular weight is 342 g/mol. The molecule has 0 aliphatic carbocycles. The highest BCUT2D eigenvalue weighted by Crippen LogP contribution is 2.28. The third-order valence-electron chi connectivity index (χ3n) is 4.14. The Hall–Kier alpha value is -2.64. The lowest BCUT2D eigenvalue weighted by molar-refractivity contribution is -0.384. The van der Waals surface area contributed by atoms with Gasteiger partial charge in [0.2, 0.25) is 0 Å². The third-order valence-corrected chi connectivity index (χ3v) is 4.14. The largest absolute Gasteiger partial charge is 0.457 e. The molecule has 0 N–H and O–H groups in total. The smallest absolute Gasteiger partial charge is 0.269 e. The lowest BCUT2D eigenvalue weighted by Crippen LogP contribution is -2.31. The zero-order chi connectivity index (χ0) is 17.2. The average Bonchev–Trinajstić information content (AvgIpc) is 3.52. The molecule has 0 amide bonds. The SMILES string of the molecule is O=[N+]([O-])c1ccc(Oc2ccc(N(CC3CO3)CC3CO3)cc2)cc1. The van der Waals surface area contributed by atoms with Gasteiger partial charge in [0.05, 0.1) is 30.3 Å². The topological polar surface area (TPSA) is 80.7 Å². The van der Waals surface area contributed by atoms with Gasteiger partial charge in [-0.05, 0) is 36.4 Å². The van der Waals surface area contributed by atoms with Gasteiger partial charge in [-0.1, -0.05) is 0 Å². The zero-order valence-electron chi connectivity index (χ0n) is 13.5. The van der Waals surface area contributed by atoms with E-state index in [0.717, 1.165) is 32.0 Å². The van der Waals surface area contributed by atoms with E-state index in [2.05, 4.69) is 4.90 Å². The predicted molar refractivity (Wildman–Crippen MR) is 91.3 cm³/mol. The fourth-order valence-electron chi connectivity index (χ4n) is 2.62. The van der Waals surface area contributed by atoms with Gasteiger partial charge < -0.3 is 19.1 Å². The van der Waals surface area contributed by atoms with Crippen molar-refractivity contribution in [2.75, 3.05) is 31.2 Å². The second-order valence-corrected chi connectivity index (χ2v) is 6.16. The maximum absolute atomic E-state index is 10.7. The molecule has 0 aromatic heterocycles. The van der Waals surface area contributed by atoms with Crippen LogP contribution in [0.3, 0.4) is 0 Å². The monoisotopic (exact) mass is 342 g/mol. The first kappa shape index (κ1) is 15.9. The number of nitro groups is 1. The lowest BCUT2D eigenvalue weighted by atomic mass is 10.2. The number of anilines is 1. The Morgan fingerprint density at radius 3 is 1.88 bits per heavy atom. The number of hydrogen-bond donors (Lipinski definition) is 0. The number of non-ortho nitro benzene ring substituents is 1. The number of epoxide rings is 2. The normalized spacial score (nSPS) is 20.8. The Morgan fingerprint density at radius 2 is 1.44 bits per heavy atom. The maximum atomic E-state index is 10.7. The van der Waals surface area contributed by atoms with Gasteiger partial charge in [0.25, 0.3) is 5.69 Å². The van der Waals surface area contributed by atoms with Crippen LogP contribution in [0.4, 0.5) is 11.4 Å². The van der Waals surface area contributed by atoms with Gasteiger partial charge >= 0.3 is 0 Å². The summed E-state index contributed by atoms with van der Waals surface area (Å²) in [5.41, 5.74) is 1.14. The standard InChI is InChI=1S/C18H18N2O5/c21-20(22)14-3-7-16(8-4-14)25-15-5-1-13(2-6-15)19(9-17-11-23-17)10-18-12-24-18/h1-8,17-18H,9-12H2. The minimum atomic E-state index is -0.430. The molecular formula is C18H18N2O5. The summed E-state index contributed by atoms with van der Waals surface area (Å²) in [5.74, 6) is 1.25. The molecule has 2 atom stereocenters. The quantitative estimate of drug-likeness (QED) is 0.417. The Bertz CT molecular complexity index is 725. The molecule has 2 unspecified atom stereocenters. The van der Waals surface area contributed by atoms with Crippen LogP contribution in [0, 0.1) is 10.1 Å². The molecule has 2 heterocycles. The van der Waals surface area contributed by atoms with E-state index in [9.17, 15) is 10.1 Å². The summed E-state index contributed by atoms with van der Waals surface area (Å²) in [6, 6.07) is 13.8. The Labute approximate surface area is 144 Å². The number of nitro benzene ring substituents is 1. The lowest BCUT2D eigenvalue weighted by Gasteiger charge is -2.23. The van der Waals surface area contributed by atoms with Crippen LogP contribution < -0.4 is 9.64 Å². The van der Waals surface area contributed by atoms with E-state index in [0.29, 0.717) is 23.7 Å². The van der Waals surface area contributed by atoms with Crippen molar-refractivity contribution in [1.82, 2.24) is 0 Å². The van der Waals surface area contributed by atoms with E-state index in [1.165, 1.54) is 12.1 Å². The Kier molecular flexibility index (Phi) is 4.25. The van der Waals surface area contributed by atoms with Crippen LogP contribution in [0.1, 0.15) is 0 Å².